The quantitative estimate of drug-likeness (QED) is 0.586. The SMILES string of the molecule is CC#N.CO.O=C(O)C(F)(F)F. The number of nitrogens with zero attached hydrogens (tertiary/aromatic N) is 1. The van der Waals surface area contributed by atoms with E-state index in [9.17, 15) is 13.2 Å². The van der Waals surface area contributed by atoms with Crippen LogP contribution in [0.25, 0.3) is 0 Å². The predicted octanol–water partition coefficient (Wildman–Crippen LogP) is 0.772. The van der Waals surface area contributed by atoms with Gasteiger partial charge in [-0.05, 0) is 0 Å². The Labute approximate surface area is 66.8 Å². The zero-order valence-electron chi connectivity index (χ0n) is 6.38. The fourth-order valence-electron chi connectivity index (χ4n) is 0. The van der Waals surface area contributed by atoms with E-state index in [2.05, 4.69) is 0 Å². The number of aliphatic hydroxyl groups excluding tert-OH is 1. The Hall–Kier alpha value is -1.29. The van der Waals surface area contributed by atoms with Crippen molar-refractivity contribution < 1.29 is 28.2 Å². The molecule has 0 aliphatic carbocycles. The van der Waals surface area contributed by atoms with Crippen molar-refractivity contribution in [2.45, 2.75) is 13.1 Å². The molecule has 72 valence electrons. The molecule has 0 fully saturated rings. The van der Waals surface area contributed by atoms with Crippen molar-refractivity contribution in [2.24, 2.45) is 0 Å². The first-order valence-electron chi connectivity index (χ1n) is 2.42. The fraction of sp³-hybridized carbons (Fsp3) is 0.600. The van der Waals surface area contributed by atoms with Crippen molar-refractivity contribution >= 4 is 5.97 Å². The molecule has 0 unspecified atom stereocenters. The van der Waals surface area contributed by atoms with Gasteiger partial charge >= 0.3 is 12.1 Å². The summed E-state index contributed by atoms with van der Waals surface area (Å²) in [6.45, 7) is 1.43. The number of alkyl halides is 3. The molecular weight excluding hydrogens is 179 g/mol. The van der Waals surface area contributed by atoms with Crippen LogP contribution in [0.1, 0.15) is 6.92 Å². The Morgan fingerprint density at radius 2 is 1.50 bits per heavy atom. The molecule has 0 aromatic heterocycles. The smallest absolute Gasteiger partial charge is 0.475 e. The minimum absolute atomic E-state index is 1.00. The number of aliphatic carboxylic acids is 1. The highest BCUT2D eigenvalue weighted by Gasteiger charge is 2.38. The number of aliphatic hydroxyl groups is 1. The zero-order chi connectivity index (χ0) is 10.8. The summed E-state index contributed by atoms with van der Waals surface area (Å²) >= 11 is 0. The van der Waals surface area contributed by atoms with Gasteiger partial charge in [0.05, 0.1) is 6.07 Å². The van der Waals surface area contributed by atoms with Crippen LogP contribution in [0.3, 0.4) is 0 Å². The lowest BCUT2D eigenvalue weighted by Crippen LogP contribution is -2.21. The van der Waals surface area contributed by atoms with E-state index in [0.29, 0.717) is 0 Å². The molecule has 0 aromatic carbocycles. The van der Waals surface area contributed by atoms with Gasteiger partial charge < -0.3 is 10.2 Å². The highest BCUT2D eigenvalue weighted by atomic mass is 19.4. The second-order valence-electron chi connectivity index (χ2n) is 1.03. The van der Waals surface area contributed by atoms with Gasteiger partial charge in [0.15, 0.2) is 0 Å². The van der Waals surface area contributed by atoms with E-state index in [1.54, 1.807) is 6.07 Å². The van der Waals surface area contributed by atoms with Gasteiger partial charge in [0.2, 0.25) is 0 Å². The molecule has 0 radical (unpaired) electrons. The molecule has 0 aliphatic rings. The predicted molar refractivity (Wildman–Crippen MR) is 33.1 cm³/mol. The Kier molecular flexibility index (Phi) is 13.7. The highest BCUT2D eigenvalue weighted by Crippen LogP contribution is 2.13. The average Bonchev–Trinajstić information content (AvgIpc) is 1.91. The van der Waals surface area contributed by atoms with Crippen molar-refractivity contribution in [1.82, 2.24) is 0 Å². The summed E-state index contributed by atoms with van der Waals surface area (Å²) in [5.41, 5.74) is 0. The lowest BCUT2D eigenvalue weighted by Gasteiger charge is -1.93. The lowest BCUT2D eigenvalue weighted by molar-refractivity contribution is -0.192. The minimum atomic E-state index is -5.08. The number of rotatable bonds is 0. The monoisotopic (exact) mass is 187 g/mol. The molecule has 7 heteroatoms. The van der Waals surface area contributed by atoms with Gasteiger partial charge in [-0.25, -0.2) is 4.79 Å². The summed E-state index contributed by atoms with van der Waals surface area (Å²) < 4.78 is 31.7. The van der Waals surface area contributed by atoms with Crippen LogP contribution in [0, 0.1) is 11.3 Å². The van der Waals surface area contributed by atoms with Crippen molar-refractivity contribution in [3.63, 3.8) is 0 Å². The van der Waals surface area contributed by atoms with Gasteiger partial charge in [-0.3, -0.25) is 0 Å². The second-order valence-corrected chi connectivity index (χ2v) is 1.03. The molecule has 0 rings (SSSR count). The van der Waals surface area contributed by atoms with E-state index in [1.807, 2.05) is 0 Å². The van der Waals surface area contributed by atoms with Crippen molar-refractivity contribution in [3.05, 3.63) is 0 Å². The van der Waals surface area contributed by atoms with Crippen molar-refractivity contribution in [2.75, 3.05) is 7.11 Å². The molecule has 0 aromatic rings. The largest absolute Gasteiger partial charge is 0.490 e. The van der Waals surface area contributed by atoms with Crippen LogP contribution in [-0.4, -0.2) is 29.5 Å². The van der Waals surface area contributed by atoms with E-state index in [0.717, 1.165) is 7.11 Å². The van der Waals surface area contributed by atoms with Crippen LogP contribution in [0.2, 0.25) is 0 Å². The third-order valence-corrected chi connectivity index (χ3v) is 0.243. The Morgan fingerprint density at radius 1 is 1.42 bits per heavy atom. The first kappa shape index (κ1) is 17.0. The summed E-state index contributed by atoms with van der Waals surface area (Å²) in [4.78, 5) is 8.90. The fourth-order valence-corrected chi connectivity index (χ4v) is 0. The number of hydrogen-bond acceptors (Lipinski definition) is 3. The standard InChI is InChI=1S/C2HF3O2.C2H3N.CH4O/c3-2(4,5)1(6)7;1-2-3;1-2/h(H,6,7);1H3;2H,1H3. The van der Waals surface area contributed by atoms with Gasteiger partial charge in [0, 0.05) is 14.0 Å². The zero-order valence-corrected chi connectivity index (χ0v) is 6.38. The van der Waals surface area contributed by atoms with Crippen molar-refractivity contribution in [3.8, 4) is 6.07 Å². The molecule has 0 bridgehead atoms. The Morgan fingerprint density at radius 3 is 1.50 bits per heavy atom. The number of nitriles is 1. The topological polar surface area (TPSA) is 81.3 Å². The second kappa shape index (κ2) is 9.71. The Balaban J connectivity index is -0.000000137. The first-order valence-corrected chi connectivity index (χ1v) is 2.42. The number of carbonyl (C=O) groups is 1. The highest BCUT2D eigenvalue weighted by molar-refractivity contribution is 5.73. The normalized spacial score (nSPS) is 7.75. The van der Waals surface area contributed by atoms with Crippen LogP contribution in [0.5, 0.6) is 0 Å². The molecule has 0 saturated heterocycles. The summed E-state index contributed by atoms with van der Waals surface area (Å²) in [5, 5.41) is 21.4. The van der Waals surface area contributed by atoms with Crippen LogP contribution < -0.4 is 0 Å². The lowest BCUT2D eigenvalue weighted by atomic mass is 10.7. The van der Waals surface area contributed by atoms with Gasteiger partial charge in [0.1, 0.15) is 0 Å². The van der Waals surface area contributed by atoms with Crippen LogP contribution in [0.4, 0.5) is 13.2 Å². The minimum Gasteiger partial charge on any atom is -0.475 e. The van der Waals surface area contributed by atoms with Crippen LogP contribution >= 0.6 is 0 Å². The van der Waals surface area contributed by atoms with E-state index in [1.165, 1.54) is 6.92 Å². The first-order chi connectivity index (χ1) is 5.36. The third kappa shape index (κ3) is 23.3. The molecule has 0 atom stereocenters. The summed E-state index contributed by atoms with van der Waals surface area (Å²) in [5.74, 6) is -2.76. The number of carboxylic acid groups (broad SMARTS) is 1. The Bertz CT molecular complexity index is 149. The maximum absolute atomic E-state index is 10.6. The van der Waals surface area contributed by atoms with E-state index < -0.39 is 12.1 Å². The molecule has 0 aliphatic heterocycles. The van der Waals surface area contributed by atoms with Gasteiger partial charge in [-0.15, -0.1) is 0 Å². The number of carboxylic acids is 1. The maximum Gasteiger partial charge on any atom is 0.490 e. The molecule has 0 spiro atoms. The van der Waals surface area contributed by atoms with E-state index >= 15 is 0 Å². The molecule has 12 heavy (non-hydrogen) atoms. The van der Waals surface area contributed by atoms with Gasteiger partial charge in [0.25, 0.3) is 0 Å². The van der Waals surface area contributed by atoms with Gasteiger partial charge in [-0.1, -0.05) is 0 Å². The summed E-state index contributed by atoms with van der Waals surface area (Å²) in [7, 11) is 1.00. The molecule has 0 heterocycles. The van der Waals surface area contributed by atoms with Crippen molar-refractivity contribution in [1.29, 1.82) is 5.26 Å². The van der Waals surface area contributed by atoms with Crippen LogP contribution in [-0.2, 0) is 4.79 Å². The summed E-state index contributed by atoms with van der Waals surface area (Å²) in [6, 6.07) is 1.75. The molecule has 0 saturated carbocycles. The molecular formula is C5H8F3NO3. The van der Waals surface area contributed by atoms with E-state index in [4.69, 9.17) is 20.3 Å². The van der Waals surface area contributed by atoms with Crippen LogP contribution in [0.15, 0.2) is 0 Å². The van der Waals surface area contributed by atoms with Gasteiger partial charge in [-0.2, -0.15) is 18.4 Å². The number of hydrogen-bond donors (Lipinski definition) is 2. The summed E-state index contributed by atoms with van der Waals surface area (Å²) in [6.07, 6.45) is -5.08. The maximum atomic E-state index is 10.6. The number of halogens is 3. The molecule has 0 amide bonds. The molecule has 4 nitrogen and oxygen atoms in total. The average molecular weight is 187 g/mol. The van der Waals surface area contributed by atoms with E-state index in [-0.39, 0.29) is 0 Å². The third-order valence-electron chi connectivity index (χ3n) is 0.243. The molecule has 2 N–H and O–H groups in total.